The summed E-state index contributed by atoms with van der Waals surface area (Å²) in [6.07, 6.45) is 8.28. The Balaban J connectivity index is 1.41. The second-order valence-electron chi connectivity index (χ2n) is 8.15. The molecule has 1 unspecified atom stereocenters. The predicted octanol–water partition coefficient (Wildman–Crippen LogP) is 4.10. The van der Waals surface area contributed by atoms with E-state index in [1.807, 2.05) is 12.2 Å². The van der Waals surface area contributed by atoms with Crippen LogP contribution < -0.4 is 10.8 Å². The molecule has 1 N–H and O–H groups in total. The standard InChI is InChI=1S/C22H23BCl3N5O2S/c1-30(34(32,33)16-10-14(24)9-15(25)11-16)8-4-7-27-21-12-20(17-5-2-3-6-19(17)26)29-22-18(23)13-28-31(21)22/h3,6,9-11,13,21,27H,2,4-5,7-8,12H2,1H3. The van der Waals surface area contributed by atoms with Crippen LogP contribution in [0.3, 0.4) is 0 Å². The van der Waals surface area contributed by atoms with Crippen molar-refractivity contribution in [1.82, 2.24) is 19.4 Å². The highest BCUT2D eigenvalue weighted by molar-refractivity contribution is 7.89. The van der Waals surface area contributed by atoms with Crippen LogP contribution in [0.1, 0.15) is 31.8 Å². The number of sulfonamides is 1. The molecule has 7 nitrogen and oxygen atoms in total. The molecule has 1 atom stereocenters. The number of nitrogens with one attached hydrogen (secondary N) is 1. The van der Waals surface area contributed by atoms with Gasteiger partial charge in [-0.05, 0) is 61.1 Å². The number of allylic oxidation sites excluding steroid dienone is 4. The Hall–Kier alpha value is -1.62. The number of hydrogen-bond acceptors (Lipinski definition) is 5. The lowest BCUT2D eigenvalue weighted by Gasteiger charge is -2.28. The molecular weight excluding hydrogens is 516 g/mol. The molecule has 1 aliphatic carbocycles. The maximum Gasteiger partial charge on any atom is 0.242 e. The molecule has 4 rings (SSSR count). The van der Waals surface area contributed by atoms with Gasteiger partial charge in [0.05, 0.1) is 10.6 Å². The summed E-state index contributed by atoms with van der Waals surface area (Å²) in [7, 11) is 3.92. The Morgan fingerprint density at radius 1 is 1.24 bits per heavy atom. The van der Waals surface area contributed by atoms with Crippen LogP contribution in [0.25, 0.3) is 0 Å². The van der Waals surface area contributed by atoms with Crippen molar-refractivity contribution < 1.29 is 8.42 Å². The molecule has 1 aliphatic heterocycles. The van der Waals surface area contributed by atoms with E-state index in [-0.39, 0.29) is 21.1 Å². The maximum atomic E-state index is 12.9. The molecule has 0 saturated carbocycles. The third-order valence-corrected chi connectivity index (χ3v) is 8.38. The van der Waals surface area contributed by atoms with E-state index in [0.717, 1.165) is 24.1 Å². The van der Waals surface area contributed by atoms with Crippen molar-refractivity contribution in [2.24, 2.45) is 4.99 Å². The van der Waals surface area contributed by atoms with E-state index in [2.05, 4.69) is 10.4 Å². The minimum atomic E-state index is -3.71. The topological polar surface area (TPSA) is 79.6 Å². The van der Waals surface area contributed by atoms with Crippen molar-refractivity contribution in [2.45, 2.75) is 36.7 Å². The molecule has 2 heterocycles. The summed E-state index contributed by atoms with van der Waals surface area (Å²) in [5.74, 6) is 0.600. The van der Waals surface area contributed by atoms with Gasteiger partial charge in [0.2, 0.25) is 10.0 Å². The number of fused-ring (bicyclic) bond motifs is 1. The summed E-state index contributed by atoms with van der Waals surface area (Å²) in [5.41, 5.74) is 2.41. The average molecular weight is 539 g/mol. The normalized spacial score (nSPS) is 18.4. The van der Waals surface area contributed by atoms with Crippen LogP contribution in [-0.2, 0) is 10.0 Å². The van der Waals surface area contributed by atoms with E-state index in [1.54, 1.807) is 10.9 Å². The van der Waals surface area contributed by atoms with E-state index in [1.165, 1.54) is 29.6 Å². The van der Waals surface area contributed by atoms with Crippen LogP contribution in [0.15, 0.2) is 57.0 Å². The first-order valence-corrected chi connectivity index (χ1v) is 13.4. The van der Waals surface area contributed by atoms with Gasteiger partial charge in [-0.2, -0.15) is 5.10 Å². The van der Waals surface area contributed by atoms with Gasteiger partial charge in [-0.1, -0.05) is 40.9 Å². The van der Waals surface area contributed by atoms with Gasteiger partial charge in [0.1, 0.15) is 19.8 Å². The van der Waals surface area contributed by atoms with Gasteiger partial charge in [0, 0.05) is 41.3 Å². The second-order valence-corrected chi connectivity index (χ2v) is 11.5. The predicted molar refractivity (Wildman–Crippen MR) is 139 cm³/mol. The highest BCUT2D eigenvalue weighted by atomic mass is 35.5. The Labute approximate surface area is 215 Å². The van der Waals surface area contributed by atoms with Crippen molar-refractivity contribution in [3.63, 3.8) is 0 Å². The van der Waals surface area contributed by atoms with Crippen LogP contribution in [-0.4, -0.2) is 56.2 Å². The number of hydrogen-bond donors (Lipinski definition) is 1. The number of nitrogens with zero attached hydrogens (tertiary/aromatic N) is 4. The summed E-state index contributed by atoms with van der Waals surface area (Å²) < 4.78 is 28.8. The highest BCUT2D eigenvalue weighted by Gasteiger charge is 2.27. The van der Waals surface area contributed by atoms with Gasteiger partial charge < -0.3 is 0 Å². The van der Waals surface area contributed by atoms with Crippen LogP contribution in [0, 0.1) is 0 Å². The lowest BCUT2D eigenvalue weighted by atomic mass is 9.95. The van der Waals surface area contributed by atoms with E-state index in [9.17, 15) is 8.42 Å². The lowest BCUT2D eigenvalue weighted by molar-refractivity contribution is 0.365. The number of aliphatic imine (C=N–C) groups is 1. The van der Waals surface area contributed by atoms with Crippen LogP contribution in [0.2, 0.25) is 10.0 Å². The third kappa shape index (κ3) is 5.45. The molecule has 1 aromatic carbocycles. The number of rotatable bonds is 8. The molecule has 178 valence electrons. The Bertz CT molecular complexity index is 1270. The van der Waals surface area contributed by atoms with E-state index >= 15 is 0 Å². The molecule has 0 saturated heterocycles. The summed E-state index contributed by atoms with van der Waals surface area (Å²) in [5, 5.41) is 9.07. The zero-order chi connectivity index (χ0) is 24.5. The quantitative estimate of drug-likeness (QED) is 0.406. The Kier molecular flexibility index (Phi) is 7.91. The van der Waals surface area contributed by atoms with Gasteiger partial charge in [-0.3, -0.25) is 5.32 Å². The van der Waals surface area contributed by atoms with Crippen molar-refractivity contribution in [3.05, 3.63) is 57.2 Å². The highest BCUT2D eigenvalue weighted by Crippen LogP contribution is 2.31. The molecule has 2 radical (unpaired) electrons. The third-order valence-electron chi connectivity index (χ3n) is 5.76. The Morgan fingerprint density at radius 3 is 2.68 bits per heavy atom. The largest absolute Gasteiger partial charge is 0.295 e. The number of aromatic nitrogens is 2. The first kappa shape index (κ1) is 25.5. The summed E-state index contributed by atoms with van der Waals surface area (Å²) in [4.78, 5) is 4.80. The molecule has 34 heavy (non-hydrogen) atoms. The Morgan fingerprint density at radius 2 is 1.97 bits per heavy atom. The van der Waals surface area contributed by atoms with Gasteiger partial charge >= 0.3 is 0 Å². The van der Waals surface area contributed by atoms with Crippen LogP contribution >= 0.6 is 34.8 Å². The molecule has 0 amide bonds. The summed E-state index contributed by atoms with van der Waals surface area (Å²) in [6, 6.07) is 4.28. The fourth-order valence-corrected chi connectivity index (χ4v) is 6.20. The van der Waals surface area contributed by atoms with Gasteiger partial charge in [-0.25, -0.2) is 22.4 Å². The van der Waals surface area contributed by atoms with Gasteiger partial charge in [0.15, 0.2) is 0 Å². The van der Waals surface area contributed by atoms with Gasteiger partial charge in [-0.15, -0.1) is 0 Å². The summed E-state index contributed by atoms with van der Waals surface area (Å²) >= 11 is 18.4. The minimum absolute atomic E-state index is 0.0666. The van der Waals surface area contributed by atoms with Crippen LogP contribution in [0.4, 0.5) is 5.82 Å². The fourth-order valence-electron chi connectivity index (χ4n) is 3.97. The van der Waals surface area contributed by atoms with Crippen molar-refractivity contribution in [1.29, 1.82) is 0 Å². The smallest absolute Gasteiger partial charge is 0.242 e. The molecule has 2 aliphatic rings. The maximum absolute atomic E-state index is 12.9. The first-order chi connectivity index (χ1) is 16.2. The minimum Gasteiger partial charge on any atom is -0.295 e. The monoisotopic (exact) mass is 537 g/mol. The van der Waals surface area contributed by atoms with Crippen molar-refractivity contribution >= 4 is 69.7 Å². The fraction of sp³-hybridized carbons (Fsp3) is 0.364. The molecule has 0 fully saturated rings. The van der Waals surface area contributed by atoms with E-state index in [4.69, 9.17) is 47.6 Å². The SMILES string of the molecule is [B]c1cnn2c1N=C(C1=C(Cl)C=CCC1)CC2NCCCN(C)S(=O)(=O)c1cc(Cl)cc(Cl)c1. The zero-order valence-electron chi connectivity index (χ0n) is 18.5. The number of benzene rings is 1. The van der Waals surface area contributed by atoms with E-state index < -0.39 is 10.0 Å². The van der Waals surface area contributed by atoms with E-state index in [0.29, 0.717) is 42.2 Å². The second kappa shape index (κ2) is 10.6. The molecule has 0 bridgehead atoms. The van der Waals surface area contributed by atoms with Gasteiger partial charge in [0.25, 0.3) is 0 Å². The molecule has 0 spiro atoms. The molecule has 2 aromatic rings. The molecular formula is C22H23BCl3N5O2S. The van der Waals surface area contributed by atoms with Crippen molar-refractivity contribution in [2.75, 3.05) is 20.1 Å². The van der Waals surface area contributed by atoms with Crippen molar-refractivity contribution in [3.8, 4) is 0 Å². The molecule has 1 aromatic heterocycles. The van der Waals surface area contributed by atoms with Crippen LogP contribution in [0.5, 0.6) is 0 Å². The molecule has 12 heteroatoms. The summed E-state index contributed by atoms with van der Waals surface area (Å²) in [6.45, 7) is 0.864. The lowest BCUT2D eigenvalue weighted by Crippen LogP contribution is -2.35. The first-order valence-electron chi connectivity index (χ1n) is 10.8. The number of halogens is 3. The zero-order valence-corrected chi connectivity index (χ0v) is 21.6. The average Bonchev–Trinajstić information content (AvgIpc) is 3.17.